The Bertz CT molecular complexity index is 1450. The van der Waals surface area contributed by atoms with Gasteiger partial charge in [0.1, 0.15) is 0 Å². The van der Waals surface area contributed by atoms with Crippen LogP contribution in [0, 0.1) is 5.92 Å². The van der Waals surface area contributed by atoms with Crippen molar-refractivity contribution in [2.24, 2.45) is 5.92 Å². The molecule has 1 aliphatic heterocycles. The lowest BCUT2D eigenvalue weighted by Gasteiger charge is -2.32. The molecule has 3 aromatic carbocycles. The summed E-state index contributed by atoms with van der Waals surface area (Å²) in [5.41, 5.74) is 2.58. The largest absolute Gasteiger partial charge is 0.480 e. The molecule has 42 heavy (non-hydrogen) atoms. The summed E-state index contributed by atoms with van der Waals surface area (Å²) in [6, 6.07) is 23.1. The maximum absolute atomic E-state index is 13.2. The summed E-state index contributed by atoms with van der Waals surface area (Å²) in [5.74, 6) is -0.877. The quantitative estimate of drug-likeness (QED) is 0.261. The zero-order valence-corrected chi connectivity index (χ0v) is 25.6. The van der Waals surface area contributed by atoms with Crippen LogP contribution >= 0.6 is 11.6 Å². The molecular formula is C32H38ClN3O5S. The Kier molecular flexibility index (Phi) is 10.3. The van der Waals surface area contributed by atoms with Gasteiger partial charge in [-0.05, 0) is 119 Å². The first-order chi connectivity index (χ1) is 20.0. The third-order valence-corrected chi connectivity index (χ3v) is 10.6. The van der Waals surface area contributed by atoms with Gasteiger partial charge < -0.3 is 15.3 Å². The summed E-state index contributed by atoms with van der Waals surface area (Å²) in [6.45, 7) is 5.81. The second-order valence-electron chi connectivity index (χ2n) is 11.2. The summed E-state index contributed by atoms with van der Waals surface area (Å²) < 4.78 is 23.6. The molecule has 0 aliphatic carbocycles. The first kappa shape index (κ1) is 31.5. The molecule has 1 heterocycles. The smallest absolute Gasteiger partial charge is 0.326 e. The van der Waals surface area contributed by atoms with E-state index in [4.69, 9.17) is 11.6 Å². The number of urea groups is 1. The summed E-state index contributed by atoms with van der Waals surface area (Å²) >= 11 is 5.98. The van der Waals surface area contributed by atoms with Crippen LogP contribution in [0.25, 0.3) is 0 Å². The number of benzene rings is 3. The number of piperidine rings is 1. The van der Waals surface area contributed by atoms with Crippen molar-refractivity contribution in [3.8, 4) is 0 Å². The number of carboxylic acid groups (broad SMARTS) is 1. The van der Waals surface area contributed by atoms with Crippen LogP contribution in [-0.4, -0.2) is 61.4 Å². The number of amides is 2. The molecule has 0 saturated carbocycles. The second-order valence-corrected chi connectivity index (χ2v) is 14.2. The average molecular weight is 612 g/mol. The lowest BCUT2D eigenvalue weighted by molar-refractivity contribution is -0.139. The Morgan fingerprint density at radius 3 is 2.19 bits per heavy atom. The number of carbonyl (C=O) groups is 2. The molecule has 1 aliphatic rings. The fraction of sp³-hybridized carbons (Fsp3) is 0.375. The van der Waals surface area contributed by atoms with Gasteiger partial charge in [-0.25, -0.2) is 13.2 Å². The highest BCUT2D eigenvalue weighted by Crippen LogP contribution is 2.28. The van der Waals surface area contributed by atoms with E-state index in [9.17, 15) is 23.1 Å². The number of hydrogen-bond acceptors (Lipinski definition) is 5. The molecular weight excluding hydrogens is 574 g/mol. The average Bonchev–Trinajstić information content (AvgIpc) is 2.98. The Balaban J connectivity index is 1.26. The molecule has 0 atom stereocenters. The maximum atomic E-state index is 13.2. The first-order valence-corrected chi connectivity index (χ1v) is 16.0. The zero-order valence-electron chi connectivity index (χ0n) is 24.0. The first-order valence-electron chi connectivity index (χ1n) is 14.2. The van der Waals surface area contributed by atoms with Gasteiger partial charge in [0.05, 0.1) is 4.90 Å². The van der Waals surface area contributed by atoms with Crippen molar-refractivity contribution in [3.05, 3.63) is 89.4 Å². The number of rotatable bonds is 11. The van der Waals surface area contributed by atoms with Crippen molar-refractivity contribution >= 4 is 44.8 Å². The molecule has 0 spiro atoms. The standard InChI is InChI=1S/C32H38ClN3O5S/c1-32(2,30(37)38)42(40,41)29-15-9-24(10-16-29)23-25-17-21-35(22-18-25)19-6-20-36(28-7-4-3-5-8-28)31(39)34-27-13-11-26(33)12-14-27/h3-5,7-16,25H,6,17-23H2,1-2H3,(H,34,39)(H,37,38). The van der Waals surface area contributed by atoms with E-state index in [0.717, 1.165) is 56.6 Å². The molecule has 4 rings (SSSR count). The van der Waals surface area contributed by atoms with Crippen LogP contribution in [-0.2, 0) is 21.1 Å². The molecule has 0 unspecified atom stereocenters. The molecule has 10 heteroatoms. The number of nitrogens with zero attached hydrogens (tertiary/aromatic N) is 2. The Morgan fingerprint density at radius 1 is 0.976 bits per heavy atom. The van der Waals surface area contributed by atoms with E-state index in [-0.39, 0.29) is 10.9 Å². The van der Waals surface area contributed by atoms with E-state index in [2.05, 4.69) is 10.2 Å². The number of carbonyl (C=O) groups excluding carboxylic acids is 1. The van der Waals surface area contributed by atoms with E-state index in [0.29, 0.717) is 23.2 Å². The van der Waals surface area contributed by atoms with E-state index < -0.39 is 20.6 Å². The number of nitrogens with one attached hydrogen (secondary N) is 1. The molecule has 2 amide bonds. The highest BCUT2D eigenvalue weighted by atomic mass is 35.5. The van der Waals surface area contributed by atoms with Gasteiger partial charge in [0, 0.05) is 22.9 Å². The van der Waals surface area contributed by atoms with Crippen molar-refractivity contribution in [1.29, 1.82) is 0 Å². The fourth-order valence-corrected chi connectivity index (χ4v) is 6.53. The van der Waals surface area contributed by atoms with Crippen LogP contribution in [0.2, 0.25) is 5.02 Å². The number of hydrogen-bond donors (Lipinski definition) is 2. The summed E-state index contributed by atoms with van der Waals surface area (Å²) in [7, 11) is -3.99. The second kappa shape index (κ2) is 13.7. The number of likely N-dealkylation sites (tertiary alicyclic amines) is 1. The highest BCUT2D eigenvalue weighted by Gasteiger charge is 2.43. The van der Waals surface area contributed by atoms with Gasteiger partial charge >= 0.3 is 12.0 Å². The van der Waals surface area contributed by atoms with Gasteiger partial charge in [0.15, 0.2) is 14.6 Å². The minimum Gasteiger partial charge on any atom is -0.480 e. The van der Waals surface area contributed by atoms with E-state index >= 15 is 0 Å². The number of para-hydroxylation sites is 1. The van der Waals surface area contributed by atoms with Crippen LogP contribution in [0.3, 0.4) is 0 Å². The molecule has 0 aromatic heterocycles. The summed E-state index contributed by atoms with van der Waals surface area (Å²) in [6.07, 6.45) is 3.75. The molecule has 8 nitrogen and oxygen atoms in total. The molecule has 1 saturated heterocycles. The molecule has 2 N–H and O–H groups in total. The molecule has 0 radical (unpaired) electrons. The van der Waals surface area contributed by atoms with Crippen LogP contribution in [0.1, 0.15) is 38.7 Å². The zero-order chi connectivity index (χ0) is 30.3. The van der Waals surface area contributed by atoms with Gasteiger partial charge in [-0.2, -0.15) is 0 Å². The van der Waals surface area contributed by atoms with E-state index in [1.807, 2.05) is 30.3 Å². The molecule has 1 fully saturated rings. The number of halogens is 1. The summed E-state index contributed by atoms with van der Waals surface area (Å²) in [4.78, 5) is 28.8. The topological polar surface area (TPSA) is 107 Å². The number of anilines is 2. The molecule has 3 aromatic rings. The highest BCUT2D eigenvalue weighted by molar-refractivity contribution is 7.93. The number of aliphatic carboxylic acids is 1. The molecule has 0 bridgehead atoms. The van der Waals surface area contributed by atoms with Crippen molar-refractivity contribution in [2.75, 3.05) is 36.4 Å². The van der Waals surface area contributed by atoms with E-state index in [1.165, 1.54) is 26.0 Å². The van der Waals surface area contributed by atoms with Crippen molar-refractivity contribution in [3.63, 3.8) is 0 Å². The van der Waals surface area contributed by atoms with Gasteiger partial charge in [0.25, 0.3) is 0 Å². The maximum Gasteiger partial charge on any atom is 0.326 e. The van der Waals surface area contributed by atoms with Crippen LogP contribution in [0.15, 0.2) is 83.8 Å². The monoisotopic (exact) mass is 611 g/mol. The van der Waals surface area contributed by atoms with Crippen LogP contribution in [0.4, 0.5) is 16.2 Å². The van der Waals surface area contributed by atoms with Gasteiger partial charge in [-0.1, -0.05) is 41.9 Å². The van der Waals surface area contributed by atoms with Crippen LogP contribution in [0.5, 0.6) is 0 Å². The van der Waals surface area contributed by atoms with E-state index in [1.54, 1.807) is 41.3 Å². The summed E-state index contributed by atoms with van der Waals surface area (Å²) in [5, 5.41) is 12.9. The number of sulfone groups is 1. The van der Waals surface area contributed by atoms with Gasteiger partial charge in [-0.15, -0.1) is 0 Å². The Morgan fingerprint density at radius 2 is 1.60 bits per heavy atom. The minimum atomic E-state index is -3.99. The van der Waals surface area contributed by atoms with Crippen molar-refractivity contribution in [1.82, 2.24) is 4.90 Å². The Labute approximate surface area is 253 Å². The normalized spacial score (nSPS) is 14.8. The lowest BCUT2D eigenvalue weighted by atomic mass is 9.90. The predicted octanol–water partition coefficient (Wildman–Crippen LogP) is 6.36. The molecule has 224 valence electrons. The minimum absolute atomic E-state index is 0.0277. The third kappa shape index (κ3) is 7.70. The van der Waals surface area contributed by atoms with Crippen molar-refractivity contribution in [2.45, 2.75) is 49.2 Å². The van der Waals surface area contributed by atoms with Crippen LogP contribution < -0.4 is 10.2 Å². The van der Waals surface area contributed by atoms with Gasteiger partial charge in [0.2, 0.25) is 0 Å². The van der Waals surface area contributed by atoms with Gasteiger partial charge in [-0.3, -0.25) is 9.69 Å². The fourth-order valence-electron chi connectivity index (χ4n) is 5.09. The van der Waals surface area contributed by atoms with Crippen molar-refractivity contribution < 1.29 is 23.1 Å². The SMILES string of the molecule is CC(C)(C(=O)O)S(=O)(=O)c1ccc(CC2CCN(CCCN(C(=O)Nc3ccc(Cl)cc3)c3ccccc3)CC2)cc1. The predicted molar refractivity (Wildman–Crippen MR) is 167 cm³/mol. The number of carboxylic acids is 1. The lowest BCUT2D eigenvalue weighted by Crippen LogP contribution is -2.40. The third-order valence-electron chi connectivity index (χ3n) is 7.92. The Hall–Kier alpha value is -3.40.